The first kappa shape index (κ1) is 12.4. The number of likely N-dealkylation sites (N-methyl/N-ethyl adjacent to an activating group) is 1. The molecule has 0 heterocycles. The molecule has 0 bridgehead atoms. The van der Waals surface area contributed by atoms with Crippen molar-refractivity contribution in [1.29, 1.82) is 0 Å². The van der Waals surface area contributed by atoms with Crippen LogP contribution in [0.15, 0.2) is 12.1 Å². The van der Waals surface area contributed by atoms with Crippen molar-refractivity contribution in [3.8, 4) is 5.75 Å². The molecule has 0 aromatic heterocycles. The summed E-state index contributed by atoms with van der Waals surface area (Å²) in [6.45, 7) is 4.23. The summed E-state index contributed by atoms with van der Waals surface area (Å²) in [5.41, 5.74) is 8.37. The number of ether oxygens (including phenoxy) is 1. The number of carbonyl (C=O) groups is 1. The van der Waals surface area contributed by atoms with Crippen molar-refractivity contribution >= 4 is 11.6 Å². The molecule has 88 valence electrons. The van der Waals surface area contributed by atoms with Gasteiger partial charge in [-0.25, -0.2) is 0 Å². The van der Waals surface area contributed by atoms with Gasteiger partial charge >= 0.3 is 0 Å². The molecule has 1 amide bonds. The third-order valence-electron chi connectivity index (χ3n) is 2.60. The molecule has 4 nitrogen and oxygen atoms in total. The van der Waals surface area contributed by atoms with Gasteiger partial charge in [0.1, 0.15) is 5.75 Å². The molecule has 0 aliphatic carbocycles. The minimum Gasteiger partial charge on any atom is -0.495 e. The summed E-state index contributed by atoms with van der Waals surface area (Å²) < 4.78 is 5.29. The number of nitrogens with zero attached hydrogens (tertiary/aromatic N) is 1. The van der Waals surface area contributed by atoms with Gasteiger partial charge in [0.15, 0.2) is 0 Å². The summed E-state index contributed by atoms with van der Waals surface area (Å²) >= 11 is 0. The predicted molar refractivity (Wildman–Crippen MR) is 64.9 cm³/mol. The van der Waals surface area contributed by atoms with Gasteiger partial charge in [-0.15, -0.1) is 0 Å². The van der Waals surface area contributed by atoms with E-state index >= 15 is 0 Å². The fourth-order valence-corrected chi connectivity index (χ4v) is 1.56. The molecule has 2 N–H and O–H groups in total. The van der Waals surface area contributed by atoms with Crippen LogP contribution in [0.25, 0.3) is 0 Å². The third kappa shape index (κ3) is 2.66. The predicted octanol–water partition coefficient (Wildman–Crippen LogP) is 1.23. The van der Waals surface area contributed by atoms with Gasteiger partial charge in [-0.05, 0) is 37.1 Å². The second-order valence-corrected chi connectivity index (χ2v) is 3.93. The normalized spacial score (nSPS) is 10.0. The molecule has 0 unspecified atom stereocenters. The lowest BCUT2D eigenvalue weighted by molar-refractivity contribution is -0.116. The van der Waals surface area contributed by atoms with Crippen LogP contribution >= 0.6 is 0 Å². The SMILES string of the molecule is COc1cc(C)c(C)cc1N(C)CC(N)=O. The van der Waals surface area contributed by atoms with E-state index in [2.05, 4.69) is 0 Å². The number of hydrogen-bond donors (Lipinski definition) is 1. The molecule has 4 heteroatoms. The van der Waals surface area contributed by atoms with Gasteiger partial charge in [-0.1, -0.05) is 0 Å². The molecule has 0 saturated heterocycles. The first-order valence-electron chi connectivity index (χ1n) is 5.10. The summed E-state index contributed by atoms with van der Waals surface area (Å²) in [5.74, 6) is 0.398. The van der Waals surface area contributed by atoms with Gasteiger partial charge in [-0.3, -0.25) is 4.79 Å². The highest BCUT2D eigenvalue weighted by atomic mass is 16.5. The molecule has 0 aliphatic rings. The fourth-order valence-electron chi connectivity index (χ4n) is 1.56. The Bertz CT molecular complexity index is 402. The van der Waals surface area contributed by atoms with Gasteiger partial charge in [-0.2, -0.15) is 0 Å². The average Bonchev–Trinajstić information content (AvgIpc) is 2.20. The molecular formula is C12H18N2O2. The summed E-state index contributed by atoms with van der Waals surface area (Å²) in [6.07, 6.45) is 0. The average molecular weight is 222 g/mol. The van der Waals surface area contributed by atoms with Gasteiger partial charge in [0, 0.05) is 7.05 Å². The standard InChI is InChI=1S/C12H18N2O2/c1-8-5-10(14(3)7-12(13)15)11(16-4)6-9(8)2/h5-6H,7H2,1-4H3,(H2,13,15). The lowest BCUT2D eigenvalue weighted by Gasteiger charge is -2.21. The van der Waals surface area contributed by atoms with E-state index in [-0.39, 0.29) is 12.5 Å². The van der Waals surface area contributed by atoms with E-state index < -0.39 is 0 Å². The minimum absolute atomic E-state index is 0.179. The highest BCUT2D eigenvalue weighted by Gasteiger charge is 2.11. The fraction of sp³-hybridized carbons (Fsp3) is 0.417. The molecule has 0 fully saturated rings. The number of rotatable bonds is 4. The van der Waals surface area contributed by atoms with Crippen LogP contribution in [0, 0.1) is 13.8 Å². The first-order chi connectivity index (χ1) is 7.45. The zero-order valence-electron chi connectivity index (χ0n) is 10.2. The second-order valence-electron chi connectivity index (χ2n) is 3.93. The van der Waals surface area contributed by atoms with Gasteiger partial charge in [0.05, 0.1) is 19.3 Å². The van der Waals surface area contributed by atoms with Crippen LogP contribution in [0.5, 0.6) is 5.75 Å². The van der Waals surface area contributed by atoms with Crippen LogP contribution in [0.4, 0.5) is 5.69 Å². The molecular weight excluding hydrogens is 204 g/mol. The van der Waals surface area contributed by atoms with E-state index in [1.54, 1.807) is 12.0 Å². The number of methoxy groups -OCH3 is 1. The van der Waals surface area contributed by atoms with Crippen molar-refractivity contribution in [2.24, 2.45) is 5.73 Å². The first-order valence-corrected chi connectivity index (χ1v) is 5.10. The zero-order chi connectivity index (χ0) is 12.3. The lowest BCUT2D eigenvalue weighted by Crippen LogP contribution is -2.30. The number of hydrogen-bond acceptors (Lipinski definition) is 3. The van der Waals surface area contributed by atoms with Crippen LogP contribution in [0.3, 0.4) is 0 Å². The maximum absolute atomic E-state index is 10.9. The second kappa shape index (κ2) is 4.88. The Morgan fingerprint density at radius 2 is 1.94 bits per heavy atom. The molecule has 1 aromatic rings. The molecule has 0 spiro atoms. The summed E-state index contributed by atoms with van der Waals surface area (Å²) in [5, 5.41) is 0. The van der Waals surface area contributed by atoms with Gasteiger partial charge in [0.25, 0.3) is 0 Å². The van der Waals surface area contributed by atoms with Crippen molar-refractivity contribution in [2.45, 2.75) is 13.8 Å². The van der Waals surface area contributed by atoms with E-state index in [1.807, 2.05) is 33.0 Å². The highest BCUT2D eigenvalue weighted by Crippen LogP contribution is 2.30. The monoisotopic (exact) mass is 222 g/mol. The number of benzene rings is 1. The van der Waals surface area contributed by atoms with E-state index in [4.69, 9.17) is 10.5 Å². The Hall–Kier alpha value is -1.71. The van der Waals surface area contributed by atoms with E-state index in [0.717, 1.165) is 22.6 Å². The number of nitrogens with two attached hydrogens (primary N) is 1. The summed E-state index contributed by atoms with van der Waals surface area (Å²) in [6, 6.07) is 3.96. The maximum atomic E-state index is 10.9. The smallest absolute Gasteiger partial charge is 0.236 e. The largest absolute Gasteiger partial charge is 0.495 e. The highest BCUT2D eigenvalue weighted by molar-refractivity contribution is 5.80. The minimum atomic E-state index is -0.359. The van der Waals surface area contributed by atoms with E-state index in [9.17, 15) is 4.79 Å². The Kier molecular flexibility index (Phi) is 3.77. The van der Waals surface area contributed by atoms with Crippen LogP contribution < -0.4 is 15.4 Å². The number of primary amides is 1. The van der Waals surface area contributed by atoms with Crippen LogP contribution in [0.2, 0.25) is 0 Å². The van der Waals surface area contributed by atoms with Gasteiger partial charge in [0.2, 0.25) is 5.91 Å². The lowest BCUT2D eigenvalue weighted by atomic mass is 10.1. The van der Waals surface area contributed by atoms with E-state index in [1.165, 1.54) is 0 Å². The summed E-state index contributed by atoms with van der Waals surface area (Å²) in [4.78, 5) is 12.7. The van der Waals surface area contributed by atoms with Crippen LogP contribution in [-0.2, 0) is 4.79 Å². The van der Waals surface area contributed by atoms with Crippen molar-refractivity contribution in [3.05, 3.63) is 23.3 Å². The number of carbonyl (C=O) groups excluding carboxylic acids is 1. The van der Waals surface area contributed by atoms with E-state index in [0.29, 0.717) is 0 Å². The summed E-state index contributed by atoms with van der Waals surface area (Å²) in [7, 11) is 3.43. The Balaban J connectivity index is 3.10. The number of aryl methyl sites for hydroxylation is 2. The quantitative estimate of drug-likeness (QED) is 0.833. The molecule has 0 aliphatic heterocycles. The molecule has 0 atom stereocenters. The number of amides is 1. The topological polar surface area (TPSA) is 55.6 Å². The van der Waals surface area contributed by atoms with Crippen molar-refractivity contribution in [2.75, 3.05) is 25.6 Å². The molecule has 16 heavy (non-hydrogen) atoms. The molecule has 1 aromatic carbocycles. The van der Waals surface area contributed by atoms with Crippen molar-refractivity contribution < 1.29 is 9.53 Å². The van der Waals surface area contributed by atoms with Crippen molar-refractivity contribution in [1.82, 2.24) is 0 Å². The zero-order valence-corrected chi connectivity index (χ0v) is 10.2. The third-order valence-corrected chi connectivity index (χ3v) is 2.60. The molecule has 0 radical (unpaired) electrons. The number of anilines is 1. The van der Waals surface area contributed by atoms with Gasteiger partial charge < -0.3 is 15.4 Å². The Morgan fingerprint density at radius 1 is 1.38 bits per heavy atom. The Morgan fingerprint density at radius 3 is 2.44 bits per heavy atom. The Labute approximate surface area is 96.0 Å². The maximum Gasteiger partial charge on any atom is 0.236 e. The van der Waals surface area contributed by atoms with Crippen LogP contribution in [-0.4, -0.2) is 26.6 Å². The van der Waals surface area contributed by atoms with Crippen LogP contribution in [0.1, 0.15) is 11.1 Å². The molecule has 0 saturated carbocycles. The molecule has 1 rings (SSSR count). The van der Waals surface area contributed by atoms with Crippen molar-refractivity contribution in [3.63, 3.8) is 0 Å².